The monoisotopic (exact) mass is 298 g/mol. The van der Waals surface area contributed by atoms with Crippen LogP contribution in [0.25, 0.3) is 0 Å². The van der Waals surface area contributed by atoms with Crippen molar-refractivity contribution < 1.29 is 19.4 Å². The van der Waals surface area contributed by atoms with E-state index in [9.17, 15) is 9.59 Å². The molecular formula is C15H26N2O4. The lowest BCUT2D eigenvalue weighted by molar-refractivity contribution is -0.138. The molecule has 0 aliphatic carbocycles. The van der Waals surface area contributed by atoms with E-state index in [2.05, 4.69) is 24.5 Å². The van der Waals surface area contributed by atoms with Crippen LogP contribution in [0.3, 0.4) is 0 Å². The Morgan fingerprint density at radius 3 is 2.62 bits per heavy atom. The summed E-state index contributed by atoms with van der Waals surface area (Å²) >= 11 is 0. The lowest BCUT2D eigenvalue weighted by atomic mass is 9.94. The molecule has 0 radical (unpaired) electrons. The fourth-order valence-corrected chi connectivity index (χ4v) is 3.40. The molecule has 2 amide bonds. The van der Waals surface area contributed by atoms with Crippen LogP contribution in [0.15, 0.2) is 0 Å². The number of carbonyl (C=O) groups is 2. The van der Waals surface area contributed by atoms with Crippen molar-refractivity contribution in [1.82, 2.24) is 10.6 Å². The van der Waals surface area contributed by atoms with Gasteiger partial charge in [0, 0.05) is 13.0 Å². The predicted molar refractivity (Wildman–Crippen MR) is 78.0 cm³/mol. The van der Waals surface area contributed by atoms with E-state index in [1.807, 2.05) is 0 Å². The summed E-state index contributed by atoms with van der Waals surface area (Å²) < 4.78 is 5.70. The van der Waals surface area contributed by atoms with Gasteiger partial charge in [0.15, 0.2) is 0 Å². The number of carbonyl (C=O) groups excluding carboxylic acids is 1. The Balaban J connectivity index is 1.72. The van der Waals surface area contributed by atoms with E-state index in [4.69, 9.17) is 9.84 Å². The van der Waals surface area contributed by atoms with Gasteiger partial charge in [-0.15, -0.1) is 0 Å². The Morgan fingerprint density at radius 2 is 2.10 bits per heavy atom. The fraction of sp³-hybridized carbons (Fsp3) is 0.867. The number of fused-ring (bicyclic) bond motifs is 2. The highest BCUT2D eigenvalue weighted by atomic mass is 16.5. The molecule has 2 fully saturated rings. The Morgan fingerprint density at radius 1 is 1.33 bits per heavy atom. The van der Waals surface area contributed by atoms with Gasteiger partial charge in [-0.2, -0.15) is 0 Å². The van der Waals surface area contributed by atoms with Gasteiger partial charge in [0.1, 0.15) is 0 Å². The molecule has 2 heterocycles. The van der Waals surface area contributed by atoms with Crippen LogP contribution < -0.4 is 10.6 Å². The topological polar surface area (TPSA) is 87.7 Å². The predicted octanol–water partition coefficient (Wildman–Crippen LogP) is 1.74. The van der Waals surface area contributed by atoms with Crippen molar-refractivity contribution in [3.05, 3.63) is 0 Å². The number of ether oxygens (including phenoxy) is 1. The van der Waals surface area contributed by atoms with E-state index in [-0.39, 0.29) is 30.5 Å². The lowest BCUT2D eigenvalue weighted by Crippen LogP contribution is -2.47. The molecule has 4 atom stereocenters. The number of urea groups is 1. The van der Waals surface area contributed by atoms with E-state index in [1.54, 1.807) is 0 Å². The highest BCUT2D eigenvalue weighted by Crippen LogP contribution is 2.34. The van der Waals surface area contributed by atoms with Gasteiger partial charge in [-0.25, -0.2) is 4.79 Å². The summed E-state index contributed by atoms with van der Waals surface area (Å²) in [4.78, 5) is 22.8. The van der Waals surface area contributed by atoms with E-state index >= 15 is 0 Å². The smallest absolute Gasteiger partial charge is 0.315 e. The number of amides is 2. The quantitative estimate of drug-likeness (QED) is 0.668. The third kappa shape index (κ3) is 4.88. The number of rotatable bonds is 7. The maximum Gasteiger partial charge on any atom is 0.315 e. The first-order valence-corrected chi connectivity index (χ1v) is 7.85. The van der Waals surface area contributed by atoms with Gasteiger partial charge in [-0.3, -0.25) is 4.79 Å². The number of carboxylic acid groups (broad SMARTS) is 1. The van der Waals surface area contributed by atoms with Gasteiger partial charge in [-0.05, 0) is 37.5 Å². The second kappa shape index (κ2) is 7.11. The number of hydrogen-bond acceptors (Lipinski definition) is 3. The Bertz CT molecular complexity index is 386. The zero-order chi connectivity index (χ0) is 15.4. The molecule has 0 aromatic rings. The molecule has 0 saturated carbocycles. The molecule has 2 aliphatic rings. The molecule has 0 aromatic carbocycles. The molecule has 2 bridgehead atoms. The Hall–Kier alpha value is -1.30. The lowest BCUT2D eigenvalue weighted by Gasteiger charge is -2.22. The minimum Gasteiger partial charge on any atom is -0.481 e. The van der Waals surface area contributed by atoms with E-state index < -0.39 is 5.97 Å². The van der Waals surface area contributed by atoms with Crippen LogP contribution in [0.5, 0.6) is 0 Å². The van der Waals surface area contributed by atoms with E-state index in [1.165, 1.54) is 0 Å². The minimum absolute atomic E-state index is 0.0236. The summed E-state index contributed by atoms with van der Waals surface area (Å²) in [5, 5.41) is 14.7. The number of carboxylic acids is 1. The molecular weight excluding hydrogens is 272 g/mol. The average molecular weight is 298 g/mol. The maximum absolute atomic E-state index is 11.9. The largest absolute Gasteiger partial charge is 0.481 e. The normalized spacial score (nSPS) is 28.6. The highest BCUT2D eigenvalue weighted by molar-refractivity contribution is 5.74. The maximum atomic E-state index is 11.9. The second-order valence-corrected chi connectivity index (χ2v) is 6.66. The fourth-order valence-electron chi connectivity index (χ4n) is 3.40. The summed E-state index contributed by atoms with van der Waals surface area (Å²) in [5.41, 5.74) is 0. The number of hydrogen-bond donors (Lipinski definition) is 3. The van der Waals surface area contributed by atoms with Gasteiger partial charge < -0.3 is 20.5 Å². The SMILES string of the molecule is CC(C)C[C@H](CNC(=O)NC1CC2CCC1O2)CC(=O)O. The number of aliphatic carboxylic acids is 1. The standard InChI is InChI=1S/C15H26N2O4/c1-9(2)5-10(6-14(18)19)8-16-15(20)17-12-7-11-3-4-13(12)21-11/h9-13H,3-8H2,1-2H3,(H,18,19)(H2,16,17,20)/t10-,11?,12?,13?/m0/s1. The van der Waals surface area contributed by atoms with Crippen molar-refractivity contribution in [3.63, 3.8) is 0 Å². The molecule has 2 saturated heterocycles. The average Bonchev–Trinajstić information content (AvgIpc) is 2.96. The van der Waals surface area contributed by atoms with E-state index in [0.717, 1.165) is 25.7 Å². The molecule has 2 aliphatic heterocycles. The third-order valence-electron chi connectivity index (χ3n) is 4.24. The van der Waals surface area contributed by atoms with Crippen LogP contribution in [-0.4, -0.2) is 41.9 Å². The summed E-state index contributed by atoms with van der Waals surface area (Å²) in [7, 11) is 0. The summed E-state index contributed by atoms with van der Waals surface area (Å²) in [6.07, 6.45) is 4.36. The minimum atomic E-state index is -0.815. The van der Waals surface area contributed by atoms with Gasteiger partial charge >= 0.3 is 12.0 Å². The van der Waals surface area contributed by atoms with Gasteiger partial charge in [-0.1, -0.05) is 13.8 Å². The summed E-state index contributed by atoms with van der Waals surface area (Å²) in [6.45, 7) is 4.51. The van der Waals surface area contributed by atoms with Crippen molar-refractivity contribution >= 4 is 12.0 Å². The molecule has 3 N–H and O–H groups in total. The first-order valence-electron chi connectivity index (χ1n) is 7.85. The van der Waals surface area contributed by atoms with Crippen molar-refractivity contribution in [2.24, 2.45) is 11.8 Å². The zero-order valence-corrected chi connectivity index (χ0v) is 12.8. The summed E-state index contributed by atoms with van der Waals surface area (Å²) in [5.74, 6) is -0.424. The second-order valence-electron chi connectivity index (χ2n) is 6.66. The van der Waals surface area contributed by atoms with Crippen molar-refractivity contribution in [2.75, 3.05) is 6.54 Å². The molecule has 0 spiro atoms. The first-order chi connectivity index (χ1) is 9.94. The van der Waals surface area contributed by atoms with Crippen LogP contribution in [0.2, 0.25) is 0 Å². The number of nitrogens with one attached hydrogen (secondary N) is 2. The van der Waals surface area contributed by atoms with Gasteiger partial charge in [0.2, 0.25) is 0 Å². The van der Waals surface area contributed by atoms with Crippen LogP contribution in [0.4, 0.5) is 4.79 Å². The molecule has 2 rings (SSSR count). The molecule has 0 aromatic heterocycles. The Kier molecular flexibility index (Phi) is 5.45. The van der Waals surface area contributed by atoms with Crippen LogP contribution in [0, 0.1) is 11.8 Å². The molecule has 6 heteroatoms. The molecule has 3 unspecified atom stereocenters. The first kappa shape index (κ1) is 16.1. The van der Waals surface area contributed by atoms with Crippen LogP contribution >= 0.6 is 0 Å². The molecule has 120 valence electrons. The third-order valence-corrected chi connectivity index (χ3v) is 4.24. The summed E-state index contributed by atoms with van der Waals surface area (Å²) in [6, 6.07) is -0.109. The van der Waals surface area contributed by atoms with Gasteiger partial charge in [0.05, 0.1) is 18.2 Å². The van der Waals surface area contributed by atoms with Crippen molar-refractivity contribution in [2.45, 2.75) is 64.2 Å². The highest BCUT2D eigenvalue weighted by Gasteiger charge is 2.41. The van der Waals surface area contributed by atoms with Crippen LogP contribution in [-0.2, 0) is 9.53 Å². The molecule has 6 nitrogen and oxygen atoms in total. The zero-order valence-electron chi connectivity index (χ0n) is 12.8. The van der Waals surface area contributed by atoms with Gasteiger partial charge in [0.25, 0.3) is 0 Å². The van der Waals surface area contributed by atoms with Crippen molar-refractivity contribution in [3.8, 4) is 0 Å². The van der Waals surface area contributed by atoms with Crippen molar-refractivity contribution in [1.29, 1.82) is 0 Å². The Labute approximate surface area is 125 Å². The van der Waals surface area contributed by atoms with E-state index in [0.29, 0.717) is 18.6 Å². The van der Waals surface area contributed by atoms with Crippen LogP contribution in [0.1, 0.15) is 46.0 Å². The molecule has 21 heavy (non-hydrogen) atoms.